The summed E-state index contributed by atoms with van der Waals surface area (Å²) < 4.78 is 0. The lowest BCUT2D eigenvalue weighted by atomic mass is 10.2. The molecule has 3 rings (SSSR count). The van der Waals surface area contributed by atoms with Crippen LogP contribution in [0.2, 0.25) is 0 Å². The fourth-order valence-electron chi connectivity index (χ4n) is 1.78. The van der Waals surface area contributed by atoms with Gasteiger partial charge in [-0.3, -0.25) is 4.98 Å². The zero-order valence-corrected chi connectivity index (χ0v) is 7.36. The molecule has 0 amide bonds. The van der Waals surface area contributed by atoms with Crippen LogP contribution in [0, 0.1) is 0 Å². The summed E-state index contributed by atoms with van der Waals surface area (Å²) in [6.45, 7) is 0. The maximum atomic E-state index is 9.72. The van der Waals surface area contributed by atoms with Gasteiger partial charge in [-0.1, -0.05) is 6.07 Å². The van der Waals surface area contributed by atoms with Crippen molar-refractivity contribution in [3.8, 4) is 5.75 Å². The summed E-state index contributed by atoms with van der Waals surface area (Å²) in [6.07, 6.45) is 3.48. The molecule has 14 heavy (non-hydrogen) atoms. The van der Waals surface area contributed by atoms with Crippen LogP contribution in [0.4, 0.5) is 0 Å². The number of phenols is 1. The standard InChI is InChI=1S/C11H8N2O/c14-10-3-1-2-8-11(10)7-4-5-12-6-9(7)13-8/h1-6,13-14H. The number of aromatic amines is 1. The molecule has 2 aromatic heterocycles. The molecule has 3 aromatic rings. The van der Waals surface area contributed by atoms with E-state index in [1.165, 1.54) is 0 Å². The highest BCUT2D eigenvalue weighted by atomic mass is 16.3. The zero-order valence-electron chi connectivity index (χ0n) is 7.36. The molecule has 0 spiro atoms. The van der Waals surface area contributed by atoms with E-state index in [0.29, 0.717) is 5.75 Å². The number of benzene rings is 1. The van der Waals surface area contributed by atoms with Crippen LogP contribution in [0.1, 0.15) is 0 Å². The lowest BCUT2D eigenvalue weighted by molar-refractivity contribution is 0.482. The molecule has 0 unspecified atom stereocenters. The molecule has 68 valence electrons. The molecule has 0 saturated carbocycles. The van der Waals surface area contributed by atoms with E-state index in [2.05, 4.69) is 9.97 Å². The number of hydrogen-bond donors (Lipinski definition) is 2. The van der Waals surface area contributed by atoms with Crippen LogP contribution >= 0.6 is 0 Å². The van der Waals surface area contributed by atoms with Crippen LogP contribution in [0.5, 0.6) is 5.75 Å². The number of aromatic hydroxyl groups is 1. The number of rotatable bonds is 0. The molecule has 0 radical (unpaired) electrons. The molecule has 2 N–H and O–H groups in total. The number of nitrogens with zero attached hydrogens (tertiary/aromatic N) is 1. The Morgan fingerprint density at radius 1 is 1.14 bits per heavy atom. The molecule has 1 aromatic carbocycles. The van der Waals surface area contributed by atoms with Gasteiger partial charge in [-0.25, -0.2) is 0 Å². The van der Waals surface area contributed by atoms with Crippen LogP contribution in [0.25, 0.3) is 21.8 Å². The zero-order chi connectivity index (χ0) is 9.54. The molecule has 0 aliphatic heterocycles. The minimum atomic E-state index is 0.306. The van der Waals surface area contributed by atoms with Crippen LogP contribution in [0.3, 0.4) is 0 Å². The molecule has 2 heterocycles. The van der Waals surface area contributed by atoms with Gasteiger partial charge in [0.25, 0.3) is 0 Å². The van der Waals surface area contributed by atoms with Crippen molar-refractivity contribution in [2.24, 2.45) is 0 Å². The van der Waals surface area contributed by atoms with Crippen molar-refractivity contribution >= 4 is 21.8 Å². The van der Waals surface area contributed by atoms with Gasteiger partial charge in [0.2, 0.25) is 0 Å². The predicted octanol–water partition coefficient (Wildman–Crippen LogP) is 2.42. The van der Waals surface area contributed by atoms with Crippen molar-refractivity contribution < 1.29 is 5.11 Å². The van der Waals surface area contributed by atoms with Crippen molar-refractivity contribution in [2.75, 3.05) is 0 Å². The number of fused-ring (bicyclic) bond motifs is 3. The summed E-state index contributed by atoms with van der Waals surface area (Å²) in [6, 6.07) is 7.35. The molecule has 0 saturated heterocycles. The van der Waals surface area contributed by atoms with Gasteiger partial charge >= 0.3 is 0 Å². The first-order valence-corrected chi connectivity index (χ1v) is 4.39. The Labute approximate surface area is 80.0 Å². The van der Waals surface area contributed by atoms with E-state index in [0.717, 1.165) is 21.8 Å². The molecule has 3 heteroatoms. The summed E-state index contributed by atoms with van der Waals surface area (Å²) in [4.78, 5) is 7.22. The van der Waals surface area contributed by atoms with Gasteiger partial charge in [0, 0.05) is 17.0 Å². The van der Waals surface area contributed by atoms with Gasteiger partial charge in [-0.15, -0.1) is 0 Å². The average molecular weight is 184 g/mol. The third-order valence-corrected chi connectivity index (χ3v) is 2.40. The summed E-state index contributed by atoms with van der Waals surface area (Å²) in [5, 5.41) is 11.6. The van der Waals surface area contributed by atoms with E-state index in [1.807, 2.05) is 18.2 Å². The first-order chi connectivity index (χ1) is 6.86. The first-order valence-electron chi connectivity index (χ1n) is 4.39. The van der Waals surface area contributed by atoms with Gasteiger partial charge in [0.15, 0.2) is 0 Å². The highest BCUT2D eigenvalue weighted by Crippen LogP contribution is 2.31. The maximum absolute atomic E-state index is 9.72. The average Bonchev–Trinajstić information content (AvgIpc) is 2.57. The lowest BCUT2D eigenvalue weighted by Crippen LogP contribution is -1.69. The number of aromatic nitrogens is 2. The number of pyridine rings is 1. The fraction of sp³-hybridized carbons (Fsp3) is 0. The van der Waals surface area contributed by atoms with E-state index in [1.54, 1.807) is 18.5 Å². The van der Waals surface area contributed by atoms with Crippen molar-refractivity contribution in [2.45, 2.75) is 0 Å². The third-order valence-electron chi connectivity index (χ3n) is 2.40. The molecule has 0 atom stereocenters. The van der Waals surface area contributed by atoms with Gasteiger partial charge < -0.3 is 10.1 Å². The minimum absolute atomic E-state index is 0.306. The SMILES string of the molecule is Oc1cccc2[nH]c3cnccc3c12. The second-order valence-electron chi connectivity index (χ2n) is 3.25. The number of H-pyrrole nitrogens is 1. The van der Waals surface area contributed by atoms with Gasteiger partial charge in [0.1, 0.15) is 5.75 Å². The van der Waals surface area contributed by atoms with E-state index in [-0.39, 0.29) is 0 Å². The first kappa shape index (κ1) is 7.38. The Bertz CT molecular complexity index is 613. The summed E-state index contributed by atoms with van der Waals surface area (Å²) in [5.74, 6) is 0.306. The normalized spacial score (nSPS) is 11.1. The smallest absolute Gasteiger partial charge is 0.125 e. The number of hydrogen-bond acceptors (Lipinski definition) is 2. The van der Waals surface area contributed by atoms with Crippen molar-refractivity contribution in [3.63, 3.8) is 0 Å². The minimum Gasteiger partial charge on any atom is -0.507 e. The Kier molecular flexibility index (Phi) is 1.31. The van der Waals surface area contributed by atoms with Crippen molar-refractivity contribution in [3.05, 3.63) is 36.7 Å². The highest BCUT2D eigenvalue weighted by Gasteiger charge is 2.06. The van der Waals surface area contributed by atoms with Gasteiger partial charge in [0.05, 0.1) is 17.2 Å². The Morgan fingerprint density at radius 3 is 3.00 bits per heavy atom. The molecule has 0 aliphatic rings. The van der Waals surface area contributed by atoms with Gasteiger partial charge in [-0.05, 0) is 18.2 Å². The third kappa shape index (κ3) is 0.836. The maximum Gasteiger partial charge on any atom is 0.125 e. The molecule has 0 bridgehead atoms. The Hall–Kier alpha value is -2.03. The lowest BCUT2D eigenvalue weighted by Gasteiger charge is -1.93. The van der Waals surface area contributed by atoms with Gasteiger partial charge in [-0.2, -0.15) is 0 Å². The molecular weight excluding hydrogens is 176 g/mol. The predicted molar refractivity (Wildman–Crippen MR) is 55.3 cm³/mol. The molecule has 3 nitrogen and oxygen atoms in total. The van der Waals surface area contributed by atoms with Crippen molar-refractivity contribution in [1.82, 2.24) is 9.97 Å². The number of phenolic OH excluding ortho intramolecular Hbond substituents is 1. The van der Waals surface area contributed by atoms with Crippen molar-refractivity contribution in [1.29, 1.82) is 0 Å². The molecular formula is C11H8N2O. The van der Waals surface area contributed by atoms with E-state index >= 15 is 0 Å². The highest BCUT2D eigenvalue weighted by molar-refractivity contribution is 6.09. The largest absolute Gasteiger partial charge is 0.507 e. The van der Waals surface area contributed by atoms with Crippen LogP contribution < -0.4 is 0 Å². The second-order valence-corrected chi connectivity index (χ2v) is 3.25. The quantitative estimate of drug-likeness (QED) is 0.563. The fourth-order valence-corrected chi connectivity index (χ4v) is 1.78. The van der Waals surface area contributed by atoms with Crippen LogP contribution in [0.15, 0.2) is 36.7 Å². The number of nitrogens with one attached hydrogen (secondary N) is 1. The summed E-state index contributed by atoms with van der Waals surface area (Å²) in [7, 11) is 0. The van der Waals surface area contributed by atoms with E-state index in [9.17, 15) is 5.11 Å². The monoisotopic (exact) mass is 184 g/mol. The van der Waals surface area contributed by atoms with E-state index in [4.69, 9.17) is 0 Å². The summed E-state index contributed by atoms with van der Waals surface area (Å²) >= 11 is 0. The summed E-state index contributed by atoms with van der Waals surface area (Å²) in [5.41, 5.74) is 1.89. The topological polar surface area (TPSA) is 48.9 Å². The van der Waals surface area contributed by atoms with E-state index < -0.39 is 0 Å². The van der Waals surface area contributed by atoms with Crippen LogP contribution in [-0.4, -0.2) is 15.1 Å². The second kappa shape index (κ2) is 2.48. The molecule has 0 fully saturated rings. The molecule has 0 aliphatic carbocycles. The van der Waals surface area contributed by atoms with Crippen LogP contribution in [-0.2, 0) is 0 Å². The Balaban J connectivity index is 2.65. The Morgan fingerprint density at radius 2 is 2.07 bits per heavy atom.